The molecule has 0 radical (unpaired) electrons. The number of nitro groups is 1. The minimum Gasteiger partial charge on any atom is -0.497 e. The van der Waals surface area contributed by atoms with Crippen molar-refractivity contribution in [1.29, 1.82) is 0 Å². The van der Waals surface area contributed by atoms with Gasteiger partial charge in [0.2, 0.25) is 17.5 Å². The lowest BCUT2D eigenvalue weighted by atomic mass is 10.2. The Morgan fingerprint density at radius 3 is 2.36 bits per heavy atom. The third-order valence-electron chi connectivity index (χ3n) is 2.79. The van der Waals surface area contributed by atoms with Crippen LogP contribution in [0.15, 0.2) is 36.4 Å². The zero-order chi connectivity index (χ0) is 16.3. The van der Waals surface area contributed by atoms with Crippen LogP contribution < -0.4 is 15.2 Å². The minimum absolute atomic E-state index is 0.0758. The van der Waals surface area contributed by atoms with E-state index in [-0.39, 0.29) is 22.8 Å². The molecule has 0 aliphatic carbocycles. The van der Waals surface area contributed by atoms with E-state index in [1.54, 1.807) is 0 Å². The second kappa shape index (κ2) is 6.08. The van der Waals surface area contributed by atoms with Gasteiger partial charge in [0.25, 0.3) is 0 Å². The number of halogens is 1. The highest BCUT2D eigenvalue weighted by molar-refractivity contribution is 5.92. The van der Waals surface area contributed by atoms with Gasteiger partial charge in [-0.05, 0) is 24.3 Å². The maximum absolute atomic E-state index is 13.8. The SMILES string of the molecule is COc1cc(F)c([N+](=O)[O-])c(Oc2ccc(C(N)=O)cc2)c1. The number of rotatable bonds is 5. The number of carbonyl (C=O) groups is 1. The maximum atomic E-state index is 13.8. The molecule has 0 heterocycles. The molecule has 22 heavy (non-hydrogen) atoms. The molecule has 114 valence electrons. The lowest BCUT2D eigenvalue weighted by molar-refractivity contribution is -0.388. The third kappa shape index (κ3) is 3.11. The maximum Gasteiger partial charge on any atom is 0.347 e. The Morgan fingerprint density at radius 1 is 1.23 bits per heavy atom. The zero-order valence-electron chi connectivity index (χ0n) is 11.4. The fraction of sp³-hybridized carbons (Fsp3) is 0.0714. The molecule has 0 aliphatic rings. The third-order valence-corrected chi connectivity index (χ3v) is 2.79. The lowest BCUT2D eigenvalue weighted by Crippen LogP contribution is -2.10. The van der Waals surface area contributed by atoms with Gasteiger partial charge in [-0.3, -0.25) is 14.9 Å². The molecule has 0 saturated carbocycles. The number of ether oxygens (including phenoxy) is 2. The van der Waals surface area contributed by atoms with Gasteiger partial charge in [-0.25, -0.2) is 0 Å². The monoisotopic (exact) mass is 306 g/mol. The van der Waals surface area contributed by atoms with Crippen molar-refractivity contribution in [1.82, 2.24) is 0 Å². The first kappa shape index (κ1) is 15.2. The fourth-order valence-corrected chi connectivity index (χ4v) is 1.74. The average molecular weight is 306 g/mol. The van der Waals surface area contributed by atoms with Crippen LogP contribution in [0.4, 0.5) is 10.1 Å². The van der Waals surface area contributed by atoms with Crippen LogP contribution in [0.2, 0.25) is 0 Å². The Hall–Kier alpha value is -3.16. The molecular weight excluding hydrogens is 295 g/mol. The molecule has 1 amide bonds. The molecule has 0 bridgehead atoms. The van der Waals surface area contributed by atoms with Gasteiger partial charge in [0.15, 0.2) is 0 Å². The van der Waals surface area contributed by atoms with Crippen LogP contribution >= 0.6 is 0 Å². The summed E-state index contributed by atoms with van der Waals surface area (Å²) in [6, 6.07) is 7.65. The molecule has 0 aliphatic heterocycles. The predicted molar refractivity (Wildman–Crippen MR) is 74.6 cm³/mol. The van der Waals surface area contributed by atoms with Crippen LogP contribution in [-0.4, -0.2) is 17.9 Å². The normalized spacial score (nSPS) is 10.1. The van der Waals surface area contributed by atoms with Crippen LogP contribution in [0.5, 0.6) is 17.2 Å². The Labute approximate surface area is 124 Å². The summed E-state index contributed by atoms with van der Waals surface area (Å²) in [6.45, 7) is 0. The van der Waals surface area contributed by atoms with Gasteiger partial charge < -0.3 is 15.2 Å². The molecule has 0 atom stereocenters. The second-order valence-corrected chi connectivity index (χ2v) is 4.20. The molecule has 2 rings (SSSR count). The van der Waals surface area contributed by atoms with E-state index < -0.39 is 22.3 Å². The summed E-state index contributed by atoms with van der Waals surface area (Å²) in [6.07, 6.45) is 0. The van der Waals surface area contributed by atoms with Crippen molar-refractivity contribution in [3.63, 3.8) is 0 Å². The van der Waals surface area contributed by atoms with E-state index in [0.717, 1.165) is 6.07 Å². The van der Waals surface area contributed by atoms with Crippen LogP contribution in [0, 0.1) is 15.9 Å². The van der Waals surface area contributed by atoms with E-state index in [2.05, 4.69) is 0 Å². The number of methoxy groups -OCH3 is 1. The predicted octanol–water partition coefficient (Wildman–Crippen LogP) is 2.63. The van der Waals surface area contributed by atoms with Gasteiger partial charge in [-0.15, -0.1) is 0 Å². The molecule has 0 aromatic heterocycles. The number of carbonyl (C=O) groups excluding carboxylic acids is 1. The van der Waals surface area contributed by atoms with Crippen molar-refractivity contribution in [3.05, 3.63) is 57.9 Å². The summed E-state index contributed by atoms with van der Waals surface area (Å²) < 4.78 is 23.9. The van der Waals surface area contributed by atoms with Crippen molar-refractivity contribution in [2.75, 3.05) is 7.11 Å². The van der Waals surface area contributed by atoms with Crippen molar-refractivity contribution in [2.24, 2.45) is 5.73 Å². The summed E-state index contributed by atoms with van der Waals surface area (Å²) in [5.41, 5.74) is 4.55. The number of nitrogens with zero attached hydrogens (tertiary/aromatic N) is 1. The first-order valence-electron chi connectivity index (χ1n) is 6.02. The van der Waals surface area contributed by atoms with E-state index in [1.165, 1.54) is 37.4 Å². The van der Waals surface area contributed by atoms with Crippen molar-refractivity contribution in [3.8, 4) is 17.2 Å². The number of primary amides is 1. The van der Waals surface area contributed by atoms with Gasteiger partial charge in [-0.2, -0.15) is 4.39 Å². The summed E-state index contributed by atoms with van der Waals surface area (Å²) in [7, 11) is 1.30. The highest BCUT2D eigenvalue weighted by Gasteiger charge is 2.24. The van der Waals surface area contributed by atoms with Crippen molar-refractivity contribution < 1.29 is 23.6 Å². The highest BCUT2D eigenvalue weighted by atomic mass is 19.1. The number of nitro benzene ring substituents is 1. The number of hydrogen-bond acceptors (Lipinski definition) is 5. The Balaban J connectivity index is 2.41. The van der Waals surface area contributed by atoms with Crippen molar-refractivity contribution >= 4 is 11.6 Å². The minimum atomic E-state index is -1.08. The van der Waals surface area contributed by atoms with Gasteiger partial charge in [0, 0.05) is 17.7 Å². The zero-order valence-corrected chi connectivity index (χ0v) is 11.4. The number of amides is 1. The Morgan fingerprint density at radius 2 is 1.86 bits per heavy atom. The molecule has 0 saturated heterocycles. The summed E-state index contributed by atoms with van der Waals surface area (Å²) in [5, 5.41) is 11.0. The molecule has 0 spiro atoms. The number of hydrogen-bond donors (Lipinski definition) is 1. The van der Waals surface area contributed by atoms with Gasteiger partial charge in [-0.1, -0.05) is 0 Å². The fourth-order valence-electron chi connectivity index (χ4n) is 1.74. The number of benzene rings is 2. The summed E-state index contributed by atoms with van der Waals surface area (Å²) in [5.74, 6) is -1.75. The smallest absolute Gasteiger partial charge is 0.347 e. The van der Waals surface area contributed by atoms with E-state index in [9.17, 15) is 19.3 Å². The molecule has 2 aromatic rings. The second-order valence-electron chi connectivity index (χ2n) is 4.20. The molecule has 0 fully saturated rings. The highest BCUT2D eigenvalue weighted by Crippen LogP contribution is 2.37. The van der Waals surface area contributed by atoms with E-state index in [0.29, 0.717) is 0 Å². The number of nitrogens with two attached hydrogens (primary N) is 1. The standard InChI is InChI=1S/C14H11FN2O5/c1-21-10-6-11(15)13(17(19)20)12(7-10)22-9-4-2-8(3-5-9)14(16)18/h2-7H,1H3,(H2,16,18). The summed E-state index contributed by atoms with van der Waals surface area (Å²) >= 11 is 0. The first-order valence-corrected chi connectivity index (χ1v) is 6.02. The van der Waals surface area contributed by atoms with E-state index >= 15 is 0 Å². The van der Waals surface area contributed by atoms with Gasteiger partial charge >= 0.3 is 5.69 Å². The topological polar surface area (TPSA) is 105 Å². The van der Waals surface area contributed by atoms with Gasteiger partial charge in [0.05, 0.1) is 12.0 Å². The summed E-state index contributed by atoms with van der Waals surface area (Å²) in [4.78, 5) is 21.0. The quantitative estimate of drug-likeness (QED) is 0.675. The largest absolute Gasteiger partial charge is 0.497 e. The Bertz CT molecular complexity index is 731. The first-order chi connectivity index (χ1) is 10.4. The van der Waals surface area contributed by atoms with Crippen LogP contribution in [-0.2, 0) is 0 Å². The van der Waals surface area contributed by atoms with E-state index in [1.807, 2.05) is 0 Å². The molecular formula is C14H11FN2O5. The lowest BCUT2D eigenvalue weighted by Gasteiger charge is -2.09. The van der Waals surface area contributed by atoms with Crippen LogP contribution in [0.3, 0.4) is 0 Å². The molecule has 2 N–H and O–H groups in total. The van der Waals surface area contributed by atoms with Crippen LogP contribution in [0.1, 0.15) is 10.4 Å². The Kier molecular flexibility index (Phi) is 4.21. The molecule has 2 aromatic carbocycles. The average Bonchev–Trinajstić information content (AvgIpc) is 2.46. The van der Waals surface area contributed by atoms with Crippen LogP contribution in [0.25, 0.3) is 0 Å². The molecule has 8 heteroatoms. The molecule has 0 unspecified atom stereocenters. The van der Waals surface area contributed by atoms with Gasteiger partial charge in [0.1, 0.15) is 11.5 Å². The van der Waals surface area contributed by atoms with Crippen molar-refractivity contribution in [2.45, 2.75) is 0 Å². The molecule has 7 nitrogen and oxygen atoms in total. The van der Waals surface area contributed by atoms with E-state index in [4.69, 9.17) is 15.2 Å².